The van der Waals surface area contributed by atoms with Crippen LogP contribution in [0.1, 0.15) is 25.8 Å². The normalized spacial score (nSPS) is 12.7. The third-order valence-corrected chi connectivity index (χ3v) is 3.30. The molecule has 0 aliphatic carbocycles. The van der Waals surface area contributed by atoms with E-state index >= 15 is 0 Å². The summed E-state index contributed by atoms with van der Waals surface area (Å²) >= 11 is 3.42. The fraction of sp³-hybridized carbons (Fsp3) is 0.538. The Morgan fingerprint density at radius 3 is 2.88 bits per heavy atom. The molecule has 0 fully saturated rings. The Kier molecular flexibility index (Phi) is 6.70. The Morgan fingerprint density at radius 2 is 2.18 bits per heavy atom. The zero-order valence-corrected chi connectivity index (χ0v) is 12.0. The predicted molar refractivity (Wildman–Crippen MR) is 73.6 cm³/mol. The van der Waals surface area contributed by atoms with Crippen LogP contribution in [0.15, 0.2) is 22.7 Å². The summed E-state index contributed by atoms with van der Waals surface area (Å²) in [5, 5.41) is 6.72. The molecule has 1 aromatic carbocycles. The van der Waals surface area contributed by atoms with E-state index < -0.39 is 0 Å². The van der Waals surface area contributed by atoms with Crippen LogP contribution in [0.5, 0.6) is 0 Å². The zero-order valence-electron chi connectivity index (χ0n) is 10.4. The SMILES string of the molecule is CCCNCC(C)NCc1cc(F)ccc1Br. The van der Waals surface area contributed by atoms with Crippen LogP contribution in [0.3, 0.4) is 0 Å². The number of hydrogen-bond acceptors (Lipinski definition) is 2. The summed E-state index contributed by atoms with van der Waals surface area (Å²) in [5.74, 6) is -0.193. The van der Waals surface area contributed by atoms with Gasteiger partial charge in [0.1, 0.15) is 5.82 Å². The second kappa shape index (κ2) is 7.80. The van der Waals surface area contributed by atoms with Gasteiger partial charge in [-0.3, -0.25) is 0 Å². The first-order chi connectivity index (χ1) is 8.13. The van der Waals surface area contributed by atoms with E-state index in [9.17, 15) is 4.39 Å². The van der Waals surface area contributed by atoms with Gasteiger partial charge in [0, 0.05) is 23.6 Å². The molecule has 0 aromatic heterocycles. The third-order valence-electron chi connectivity index (χ3n) is 2.53. The minimum absolute atomic E-state index is 0.193. The molecule has 0 saturated carbocycles. The summed E-state index contributed by atoms with van der Waals surface area (Å²) in [6, 6.07) is 5.13. The summed E-state index contributed by atoms with van der Waals surface area (Å²) in [4.78, 5) is 0. The maximum Gasteiger partial charge on any atom is 0.123 e. The third kappa shape index (κ3) is 5.61. The number of hydrogen-bond donors (Lipinski definition) is 2. The molecule has 0 aliphatic rings. The molecule has 1 unspecified atom stereocenters. The number of nitrogens with one attached hydrogen (secondary N) is 2. The molecule has 2 nitrogen and oxygen atoms in total. The van der Waals surface area contributed by atoms with Gasteiger partial charge in [0.2, 0.25) is 0 Å². The van der Waals surface area contributed by atoms with E-state index in [0.717, 1.165) is 29.5 Å². The summed E-state index contributed by atoms with van der Waals surface area (Å²) < 4.78 is 14.0. The van der Waals surface area contributed by atoms with Gasteiger partial charge in [0.05, 0.1) is 0 Å². The van der Waals surface area contributed by atoms with E-state index in [1.165, 1.54) is 6.07 Å². The average Bonchev–Trinajstić information content (AvgIpc) is 2.31. The van der Waals surface area contributed by atoms with Crippen molar-refractivity contribution in [3.63, 3.8) is 0 Å². The van der Waals surface area contributed by atoms with Crippen LogP contribution >= 0.6 is 15.9 Å². The summed E-state index contributed by atoms with van der Waals surface area (Å²) in [7, 11) is 0. The lowest BCUT2D eigenvalue weighted by Gasteiger charge is -2.15. The first kappa shape index (κ1) is 14.6. The Bertz CT molecular complexity index is 344. The lowest BCUT2D eigenvalue weighted by molar-refractivity contribution is 0.499. The van der Waals surface area contributed by atoms with E-state index in [4.69, 9.17) is 0 Å². The highest BCUT2D eigenvalue weighted by molar-refractivity contribution is 9.10. The predicted octanol–water partition coefficient (Wildman–Crippen LogP) is 3.07. The Labute approximate surface area is 111 Å². The number of halogens is 2. The van der Waals surface area contributed by atoms with Crippen LogP contribution in [0.2, 0.25) is 0 Å². The molecule has 0 radical (unpaired) electrons. The molecule has 0 amide bonds. The lowest BCUT2D eigenvalue weighted by Crippen LogP contribution is -2.36. The van der Waals surface area contributed by atoms with Crippen molar-refractivity contribution in [2.24, 2.45) is 0 Å². The topological polar surface area (TPSA) is 24.1 Å². The van der Waals surface area contributed by atoms with E-state index in [2.05, 4.69) is 40.4 Å². The second-order valence-electron chi connectivity index (χ2n) is 4.22. The smallest absolute Gasteiger partial charge is 0.123 e. The lowest BCUT2D eigenvalue weighted by atomic mass is 10.2. The van der Waals surface area contributed by atoms with Crippen LogP contribution in [-0.2, 0) is 6.54 Å². The van der Waals surface area contributed by atoms with E-state index in [-0.39, 0.29) is 5.82 Å². The average molecular weight is 303 g/mol. The van der Waals surface area contributed by atoms with Crippen molar-refractivity contribution in [1.29, 1.82) is 0 Å². The van der Waals surface area contributed by atoms with Crippen molar-refractivity contribution in [2.75, 3.05) is 13.1 Å². The maximum absolute atomic E-state index is 13.1. The summed E-state index contributed by atoms with van der Waals surface area (Å²) in [5.41, 5.74) is 0.951. The maximum atomic E-state index is 13.1. The van der Waals surface area contributed by atoms with E-state index in [0.29, 0.717) is 12.6 Å². The monoisotopic (exact) mass is 302 g/mol. The Hall–Kier alpha value is -0.450. The molecular formula is C13H20BrFN2. The van der Waals surface area contributed by atoms with Crippen molar-refractivity contribution in [3.8, 4) is 0 Å². The molecule has 1 aromatic rings. The van der Waals surface area contributed by atoms with Crippen molar-refractivity contribution >= 4 is 15.9 Å². The minimum atomic E-state index is -0.193. The van der Waals surface area contributed by atoms with Crippen LogP contribution in [-0.4, -0.2) is 19.1 Å². The van der Waals surface area contributed by atoms with Crippen LogP contribution < -0.4 is 10.6 Å². The first-order valence-corrected chi connectivity index (χ1v) is 6.80. The van der Waals surface area contributed by atoms with Crippen LogP contribution in [0.25, 0.3) is 0 Å². The highest BCUT2D eigenvalue weighted by atomic mass is 79.9. The largest absolute Gasteiger partial charge is 0.315 e. The summed E-state index contributed by atoms with van der Waals surface area (Å²) in [6.07, 6.45) is 1.14. The molecule has 4 heteroatoms. The highest BCUT2D eigenvalue weighted by Crippen LogP contribution is 2.17. The second-order valence-corrected chi connectivity index (χ2v) is 5.08. The van der Waals surface area contributed by atoms with Gasteiger partial charge in [0.25, 0.3) is 0 Å². The van der Waals surface area contributed by atoms with E-state index in [1.54, 1.807) is 12.1 Å². The Morgan fingerprint density at radius 1 is 1.41 bits per heavy atom. The molecule has 0 bridgehead atoms. The van der Waals surface area contributed by atoms with Crippen molar-refractivity contribution in [1.82, 2.24) is 10.6 Å². The van der Waals surface area contributed by atoms with Gasteiger partial charge >= 0.3 is 0 Å². The van der Waals surface area contributed by atoms with Gasteiger partial charge in [0.15, 0.2) is 0 Å². The van der Waals surface area contributed by atoms with Crippen LogP contribution in [0.4, 0.5) is 4.39 Å². The number of rotatable bonds is 7. The molecule has 2 N–H and O–H groups in total. The van der Waals surface area contributed by atoms with Gasteiger partial charge < -0.3 is 10.6 Å². The van der Waals surface area contributed by atoms with Gasteiger partial charge in [-0.05, 0) is 43.7 Å². The summed E-state index contributed by atoms with van der Waals surface area (Å²) in [6.45, 7) is 6.91. The van der Waals surface area contributed by atoms with Crippen molar-refractivity contribution in [2.45, 2.75) is 32.9 Å². The van der Waals surface area contributed by atoms with Gasteiger partial charge in [-0.2, -0.15) is 0 Å². The van der Waals surface area contributed by atoms with Gasteiger partial charge in [-0.15, -0.1) is 0 Å². The molecule has 17 heavy (non-hydrogen) atoms. The van der Waals surface area contributed by atoms with Gasteiger partial charge in [-0.25, -0.2) is 4.39 Å². The molecular weight excluding hydrogens is 283 g/mol. The van der Waals surface area contributed by atoms with E-state index in [1.807, 2.05) is 0 Å². The molecule has 0 saturated heterocycles. The zero-order chi connectivity index (χ0) is 12.7. The molecule has 96 valence electrons. The van der Waals surface area contributed by atoms with Gasteiger partial charge in [-0.1, -0.05) is 22.9 Å². The van der Waals surface area contributed by atoms with Crippen LogP contribution in [0, 0.1) is 5.82 Å². The molecule has 0 spiro atoms. The fourth-order valence-electron chi connectivity index (χ4n) is 1.53. The molecule has 1 atom stereocenters. The molecule has 0 heterocycles. The Balaban J connectivity index is 2.36. The molecule has 1 rings (SSSR count). The first-order valence-electron chi connectivity index (χ1n) is 6.01. The standard InChI is InChI=1S/C13H20BrFN2/c1-3-6-16-8-10(2)17-9-11-7-12(15)4-5-13(11)14/h4-5,7,10,16-17H,3,6,8-9H2,1-2H3. The number of benzene rings is 1. The van der Waals surface area contributed by atoms with Crippen molar-refractivity contribution < 1.29 is 4.39 Å². The fourth-order valence-corrected chi connectivity index (χ4v) is 1.92. The van der Waals surface area contributed by atoms with Crippen molar-refractivity contribution in [3.05, 3.63) is 34.1 Å². The minimum Gasteiger partial charge on any atom is -0.315 e. The quantitative estimate of drug-likeness (QED) is 0.757. The highest BCUT2D eigenvalue weighted by Gasteiger charge is 2.04. The molecule has 0 aliphatic heterocycles.